The molecular weight excluding hydrogens is 490 g/mol. The predicted molar refractivity (Wildman–Crippen MR) is 144 cm³/mol. The molecule has 3 aromatic rings. The fraction of sp³-hybridized carbons (Fsp3) is 0.214. The third kappa shape index (κ3) is 5.49. The Bertz CT molecular complexity index is 1340. The van der Waals surface area contributed by atoms with Crippen LogP contribution in [0.2, 0.25) is 5.02 Å². The SMILES string of the molecule is O=C(Nc1ccc(Cl)cc1)N[C@H]1N=C(c2ccccc2)c2ccccc2N(CC(=O)N2CCCC2)C1=O. The molecule has 0 saturated carbocycles. The Labute approximate surface area is 219 Å². The molecule has 1 saturated heterocycles. The number of hydrogen-bond donors (Lipinski definition) is 2. The Kier molecular flexibility index (Phi) is 7.18. The van der Waals surface area contributed by atoms with E-state index in [9.17, 15) is 14.4 Å². The van der Waals surface area contributed by atoms with E-state index < -0.39 is 18.1 Å². The van der Waals surface area contributed by atoms with Crippen molar-refractivity contribution >= 4 is 46.5 Å². The zero-order valence-corrected chi connectivity index (χ0v) is 20.8. The number of para-hydroxylation sites is 1. The lowest BCUT2D eigenvalue weighted by Crippen LogP contribution is -2.51. The molecule has 0 aliphatic carbocycles. The van der Waals surface area contributed by atoms with Crippen molar-refractivity contribution in [3.63, 3.8) is 0 Å². The van der Waals surface area contributed by atoms with Crippen LogP contribution in [0.15, 0.2) is 83.9 Å². The molecule has 0 bridgehead atoms. The molecule has 1 fully saturated rings. The summed E-state index contributed by atoms with van der Waals surface area (Å²) in [6.45, 7) is 1.23. The highest BCUT2D eigenvalue weighted by atomic mass is 35.5. The topological polar surface area (TPSA) is 94.1 Å². The van der Waals surface area contributed by atoms with Crippen molar-refractivity contribution in [2.45, 2.75) is 19.0 Å². The number of amides is 4. The van der Waals surface area contributed by atoms with Crippen molar-refractivity contribution in [1.29, 1.82) is 0 Å². The first-order chi connectivity index (χ1) is 18.0. The fourth-order valence-electron chi connectivity index (χ4n) is 4.54. The summed E-state index contributed by atoms with van der Waals surface area (Å²) in [5.41, 5.74) is 3.14. The summed E-state index contributed by atoms with van der Waals surface area (Å²) in [6, 6.07) is 22.9. The number of rotatable bonds is 5. The number of halogens is 1. The summed E-state index contributed by atoms with van der Waals surface area (Å²) in [7, 11) is 0. The monoisotopic (exact) mass is 515 g/mol. The smallest absolute Gasteiger partial charge is 0.321 e. The Balaban J connectivity index is 1.50. The van der Waals surface area contributed by atoms with Crippen molar-refractivity contribution in [2.24, 2.45) is 4.99 Å². The van der Waals surface area contributed by atoms with Crippen LogP contribution in [0.4, 0.5) is 16.2 Å². The molecule has 2 aliphatic heterocycles. The van der Waals surface area contributed by atoms with Gasteiger partial charge in [-0.25, -0.2) is 9.79 Å². The average Bonchev–Trinajstić information content (AvgIpc) is 3.43. The second-order valence-electron chi connectivity index (χ2n) is 8.88. The Morgan fingerprint density at radius 3 is 2.32 bits per heavy atom. The summed E-state index contributed by atoms with van der Waals surface area (Å²) < 4.78 is 0. The lowest BCUT2D eigenvalue weighted by molar-refractivity contribution is -0.130. The molecule has 5 rings (SSSR count). The molecule has 1 atom stereocenters. The summed E-state index contributed by atoms with van der Waals surface area (Å²) in [4.78, 5) is 47.8. The minimum Gasteiger partial charge on any atom is -0.341 e. The van der Waals surface area contributed by atoms with Crippen LogP contribution in [-0.2, 0) is 9.59 Å². The van der Waals surface area contributed by atoms with Crippen LogP contribution in [0.5, 0.6) is 0 Å². The van der Waals surface area contributed by atoms with Gasteiger partial charge >= 0.3 is 6.03 Å². The highest BCUT2D eigenvalue weighted by Crippen LogP contribution is 2.28. The van der Waals surface area contributed by atoms with E-state index in [1.807, 2.05) is 48.5 Å². The van der Waals surface area contributed by atoms with E-state index in [1.54, 1.807) is 35.2 Å². The van der Waals surface area contributed by atoms with E-state index in [0.717, 1.165) is 18.4 Å². The Morgan fingerprint density at radius 1 is 0.919 bits per heavy atom. The number of aliphatic imine (C=N–C) groups is 1. The van der Waals surface area contributed by atoms with Gasteiger partial charge in [0.25, 0.3) is 5.91 Å². The van der Waals surface area contributed by atoms with Crippen molar-refractivity contribution < 1.29 is 14.4 Å². The molecule has 0 spiro atoms. The summed E-state index contributed by atoms with van der Waals surface area (Å²) in [6.07, 6.45) is 0.653. The van der Waals surface area contributed by atoms with Crippen molar-refractivity contribution in [3.05, 3.63) is 95.0 Å². The second-order valence-corrected chi connectivity index (χ2v) is 9.32. The van der Waals surface area contributed by atoms with E-state index in [-0.39, 0.29) is 12.5 Å². The Morgan fingerprint density at radius 2 is 1.59 bits per heavy atom. The van der Waals surface area contributed by atoms with Gasteiger partial charge in [-0.1, -0.05) is 60.1 Å². The minimum absolute atomic E-state index is 0.131. The molecule has 3 aromatic carbocycles. The van der Waals surface area contributed by atoms with Gasteiger partial charge in [0.1, 0.15) is 6.54 Å². The summed E-state index contributed by atoms with van der Waals surface area (Å²) >= 11 is 5.94. The quantitative estimate of drug-likeness (QED) is 0.530. The molecule has 8 nitrogen and oxygen atoms in total. The average molecular weight is 516 g/mol. The predicted octanol–water partition coefficient (Wildman–Crippen LogP) is 4.29. The van der Waals surface area contributed by atoms with E-state index in [0.29, 0.717) is 40.8 Å². The van der Waals surface area contributed by atoms with Crippen LogP contribution < -0.4 is 15.5 Å². The van der Waals surface area contributed by atoms with Crippen LogP contribution in [0.25, 0.3) is 0 Å². The van der Waals surface area contributed by atoms with Crippen LogP contribution in [0, 0.1) is 0 Å². The van der Waals surface area contributed by atoms with Gasteiger partial charge in [-0.3, -0.25) is 14.5 Å². The standard InChI is InChI=1S/C28H26ClN5O3/c29-20-12-14-21(15-13-20)30-28(37)32-26-27(36)34(18-24(35)33-16-6-7-17-33)23-11-5-4-10-22(23)25(31-26)19-8-2-1-3-9-19/h1-5,8-15,26H,6-7,16-18H2,(H2,30,32,37)/t26-/m1/s1. The molecule has 0 aromatic heterocycles. The maximum Gasteiger partial charge on any atom is 0.321 e. The number of nitrogens with one attached hydrogen (secondary N) is 2. The zero-order valence-electron chi connectivity index (χ0n) is 20.1. The number of hydrogen-bond acceptors (Lipinski definition) is 4. The third-order valence-corrected chi connectivity index (χ3v) is 6.63. The fourth-order valence-corrected chi connectivity index (χ4v) is 4.66. The highest BCUT2D eigenvalue weighted by Gasteiger charge is 2.35. The number of likely N-dealkylation sites (tertiary alicyclic amines) is 1. The molecule has 2 heterocycles. The molecule has 0 radical (unpaired) electrons. The normalized spacial score (nSPS) is 17.1. The molecule has 4 amide bonds. The minimum atomic E-state index is -1.25. The number of urea groups is 1. The van der Waals surface area contributed by atoms with Gasteiger partial charge in [0.15, 0.2) is 0 Å². The maximum atomic E-state index is 13.9. The van der Waals surface area contributed by atoms with E-state index in [1.165, 1.54) is 4.90 Å². The summed E-state index contributed by atoms with van der Waals surface area (Å²) in [5.74, 6) is -0.620. The van der Waals surface area contributed by atoms with Crippen molar-refractivity contribution in [1.82, 2.24) is 10.2 Å². The number of nitrogens with zero attached hydrogens (tertiary/aromatic N) is 3. The lowest BCUT2D eigenvalue weighted by Gasteiger charge is -2.27. The maximum absolute atomic E-state index is 13.9. The van der Waals surface area contributed by atoms with Crippen LogP contribution in [0.3, 0.4) is 0 Å². The number of anilines is 2. The second kappa shape index (κ2) is 10.8. The number of fused-ring (bicyclic) bond motifs is 1. The largest absolute Gasteiger partial charge is 0.341 e. The number of benzodiazepines with no additional fused rings is 1. The van der Waals surface area contributed by atoms with E-state index in [4.69, 9.17) is 16.6 Å². The van der Waals surface area contributed by atoms with Crippen molar-refractivity contribution in [2.75, 3.05) is 29.9 Å². The zero-order chi connectivity index (χ0) is 25.8. The molecule has 0 unspecified atom stereocenters. The van der Waals surface area contributed by atoms with Gasteiger partial charge < -0.3 is 15.5 Å². The van der Waals surface area contributed by atoms with Gasteiger partial charge in [-0.05, 0) is 43.2 Å². The molecule has 2 aliphatic rings. The molecule has 188 valence electrons. The van der Waals surface area contributed by atoms with Gasteiger partial charge in [0, 0.05) is 34.9 Å². The summed E-state index contributed by atoms with van der Waals surface area (Å²) in [5, 5.41) is 5.94. The number of carbonyl (C=O) groups excluding carboxylic acids is 3. The van der Waals surface area contributed by atoms with Gasteiger partial charge in [-0.15, -0.1) is 0 Å². The first-order valence-corrected chi connectivity index (χ1v) is 12.5. The van der Waals surface area contributed by atoms with Gasteiger partial charge in [0.2, 0.25) is 12.1 Å². The van der Waals surface area contributed by atoms with Gasteiger partial charge in [0.05, 0.1) is 11.4 Å². The molecule has 9 heteroatoms. The third-order valence-electron chi connectivity index (χ3n) is 6.38. The first kappa shape index (κ1) is 24.5. The van der Waals surface area contributed by atoms with E-state index in [2.05, 4.69) is 10.6 Å². The Hall–Kier alpha value is -4.17. The van der Waals surface area contributed by atoms with Crippen LogP contribution in [0.1, 0.15) is 24.0 Å². The van der Waals surface area contributed by atoms with E-state index >= 15 is 0 Å². The highest BCUT2D eigenvalue weighted by molar-refractivity contribution is 6.30. The van der Waals surface area contributed by atoms with Crippen molar-refractivity contribution in [3.8, 4) is 0 Å². The first-order valence-electron chi connectivity index (χ1n) is 12.1. The number of benzene rings is 3. The molecule has 37 heavy (non-hydrogen) atoms. The van der Waals surface area contributed by atoms with Gasteiger partial charge in [-0.2, -0.15) is 0 Å². The molecule has 2 N–H and O–H groups in total. The lowest BCUT2D eigenvalue weighted by atomic mass is 10.0. The number of carbonyl (C=O) groups is 3. The van der Waals surface area contributed by atoms with Crippen LogP contribution in [-0.4, -0.2) is 54.3 Å². The van der Waals surface area contributed by atoms with Crippen LogP contribution >= 0.6 is 11.6 Å². The molecular formula is C28H26ClN5O3.